The summed E-state index contributed by atoms with van der Waals surface area (Å²) in [6.45, 7) is 18.9. The Morgan fingerprint density at radius 3 is 1.65 bits per heavy atom. The Morgan fingerprint density at radius 1 is 0.775 bits per heavy atom. The fourth-order valence-corrected chi connectivity index (χ4v) is 5.26. The fraction of sp³-hybridized carbons (Fsp3) is 0.265. The summed E-state index contributed by atoms with van der Waals surface area (Å²) >= 11 is 0. The Labute approximate surface area is 235 Å². The van der Waals surface area contributed by atoms with E-state index in [1.165, 1.54) is 0 Å². The number of aryl methyl sites for hydroxylation is 2. The van der Waals surface area contributed by atoms with E-state index in [1.54, 1.807) is 6.07 Å². The molecule has 0 bridgehead atoms. The number of carbonyl (C=O) groups is 3. The Kier molecular flexibility index (Phi) is 7.83. The topological polar surface area (TPSA) is 78.9 Å². The third kappa shape index (κ3) is 4.86. The molecule has 0 amide bonds. The van der Waals surface area contributed by atoms with Crippen LogP contribution in [-0.4, -0.2) is 17.9 Å². The van der Waals surface area contributed by atoms with E-state index >= 15 is 0 Å². The maximum absolute atomic E-state index is 13.5. The summed E-state index contributed by atoms with van der Waals surface area (Å²) in [4.78, 5) is 37.6. The van der Waals surface area contributed by atoms with E-state index in [2.05, 4.69) is 13.2 Å². The number of benzene rings is 3. The summed E-state index contributed by atoms with van der Waals surface area (Å²) in [5, 5.41) is 0. The molecule has 0 atom stereocenters. The average molecular weight is 539 g/mol. The van der Waals surface area contributed by atoms with E-state index < -0.39 is 23.5 Å². The van der Waals surface area contributed by atoms with Crippen LogP contribution in [0.3, 0.4) is 0 Å². The molecule has 0 aromatic heterocycles. The third-order valence-corrected chi connectivity index (χ3v) is 7.22. The van der Waals surface area contributed by atoms with Crippen molar-refractivity contribution in [3.8, 4) is 11.5 Å². The van der Waals surface area contributed by atoms with Crippen molar-refractivity contribution in [3.63, 3.8) is 0 Å². The second-order valence-corrected chi connectivity index (χ2v) is 10.6. The quantitative estimate of drug-likeness (QED) is 0.172. The van der Waals surface area contributed by atoms with E-state index in [9.17, 15) is 14.4 Å². The molecule has 6 heteroatoms. The lowest BCUT2D eigenvalue weighted by Crippen LogP contribution is -2.33. The van der Waals surface area contributed by atoms with Crippen molar-refractivity contribution in [1.82, 2.24) is 0 Å². The molecule has 0 saturated heterocycles. The summed E-state index contributed by atoms with van der Waals surface area (Å²) in [5.41, 5.74) is 4.56. The van der Waals surface area contributed by atoms with Crippen LogP contribution in [0.4, 0.5) is 0 Å². The molecule has 40 heavy (non-hydrogen) atoms. The molecule has 1 heterocycles. The van der Waals surface area contributed by atoms with Gasteiger partial charge in [0.05, 0.1) is 5.56 Å². The van der Waals surface area contributed by atoms with Gasteiger partial charge in [-0.1, -0.05) is 59.1 Å². The van der Waals surface area contributed by atoms with Crippen LogP contribution in [0.5, 0.6) is 11.5 Å². The molecule has 4 rings (SSSR count). The number of hydrogen-bond donors (Lipinski definition) is 0. The molecule has 0 radical (unpaired) electrons. The second-order valence-electron chi connectivity index (χ2n) is 10.6. The first-order valence-corrected chi connectivity index (χ1v) is 13.3. The smallest absolute Gasteiger partial charge is 0.340 e. The largest absolute Gasteiger partial charge is 0.441 e. The zero-order valence-electron chi connectivity index (χ0n) is 23.8. The highest BCUT2D eigenvalue weighted by molar-refractivity contribution is 5.96. The standard InChI is InChI=1S/C34H34O6/c1-9-31(35)38-29-17-24(19(3)4)27(15-21(29)7)34(26-14-12-11-13-23(26)33(37)40-34)28-16-22(8)30(39-32(36)10-2)18-25(28)20(5)6/h9-20H,1-2H2,3-8H3. The molecule has 1 aliphatic heterocycles. The van der Waals surface area contributed by atoms with Gasteiger partial charge in [0, 0.05) is 28.8 Å². The molecule has 206 valence electrons. The van der Waals surface area contributed by atoms with E-state index in [0.717, 1.165) is 34.4 Å². The predicted octanol–water partition coefficient (Wildman–Crippen LogP) is 7.20. The predicted molar refractivity (Wildman–Crippen MR) is 154 cm³/mol. The van der Waals surface area contributed by atoms with Gasteiger partial charge in [-0.3, -0.25) is 0 Å². The number of esters is 3. The van der Waals surface area contributed by atoms with Crippen LogP contribution in [0, 0.1) is 13.8 Å². The van der Waals surface area contributed by atoms with Crippen LogP contribution in [0.1, 0.15) is 88.8 Å². The monoisotopic (exact) mass is 538 g/mol. The van der Waals surface area contributed by atoms with Crippen LogP contribution in [0.25, 0.3) is 0 Å². The number of fused-ring (bicyclic) bond motifs is 1. The molecular weight excluding hydrogens is 504 g/mol. The maximum atomic E-state index is 13.5. The van der Waals surface area contributed by atoms with E-state index in [-0.39, 0.29) is 11.8 Å². The molecule has 0 aliphatic carbocycles. The Bertz CT molecular complexity index is 1460. The highest BCUT2D eigenvalue weighted by Gasteiger charge is 2.51. The van der Waals surface area contributed by atoms with Crippen LogP contribution in [0.2, 0.25) is 0 Å². The molecule has 0 saturated carbocycles. The van der Waals surface area contributed by atoms with Gasteiger partial charge in [-0.05, 0) is 78.3 Å². The highest BCUT2D eigenvalue weighted by Crippen LogP contribution is 2.52. The van der Waals surface area contributed by atoms with Crippen molar-refractivity contribution >= 4 is 17.9 Å². The lowest BCUT2D eigenvalue weighted by molar-refractivity contribution is -0.129. The number of cyclic esters (lactones) is 1. The second kappa shape index (κ2) is 11.0. The number of ether oxygens (including phenoxy) is 3. The minimum atomic E-state index is -1.30. The van der Waals surface area contributed by atoms with Gasteiger partial charge in [-0.15, -0.1) is 0 Å². The van der Waals surface area contributed by atoms with Gasteiger partial charge in [-0.25, -0.2) is 14.4 Å². The Morgan fingerprint density at radius 2 is 1.23 bits per heavy atom. The van der Waals surface area contributed by atoms with Crippen molar-refractivity contribution in [2.45, 2.75) is 59.0 Å². The number of hydrogen-bond acceptors (Lipinski definition) is 6. The lowest BCUT2D eigenvalue weighted by atomic mass is 9.72. The average Bonchev–Trinajstić information content (AvgIpc) is 3.23. The van der Waals surface area contributed by atoms with Gasteiger partial charge in [0.2, 0.25) is 0 Å². The first kappa shape index (κ1) is 28.6. The highest BCUT2D eigenvalue weighted by atomic mass is 16.6. The Balaban J connectivity index is 2.13. The molecule has 0 unspecified atom stereocenters. The van der Waals surface area contributed by atoms with Crippen molar-refractivity contribution in [2.24, 2.45) is 0 Å². The zero-order valence-corrected chi connectivity index (χ0v) is 23.8. The molecule has 3 aromatic carbocycles. The molecule has 0 N–H and O–H groups in total. The zero-order chi connectivity index (χ0) is 29.4. The molecule has 3 aromatic rings. The molecule has 0 spiro atoms. The molecular formula is C34H34O6. The number of rotatable bonds is 8. The van der Waals surface area contributed by atoms with E-state index in [4.69, 9.17) is 14.2 Å². The molecule has 0 fully saturated rings. The van der Waals surface area contributed by atoms with Gasteiger partial charge in [0.25, 0.3) is 0 Å². The van der Waals surface area contributed by atoms with Gasteiger partial charge in [0.1, 0.15) is 11.5 Å². The van der Waals surface area contributed by atoms with Crippen LogP contribution in [0.15, 0.2) is 73.8 Å². The summed E-state index contributed by atoms with van der Waals surface area (Å²) in [6, 6.07) is 14.9. The van der Waals surface area contributed by atoms with Crippen molar-refractivity contribution in [3.05, 3.63) is 118 Å². The van der Waals surface area contributed by atoms with Crippen LogP contribution in [-0.2, 0) is 19.9 Å². The minimum absolute atomic E-state index is 0.0171. The summed E-state index contributed by atoms with van der Waals surface area (Å²) in [7, 11) is 0. The van der Waals surface area contributed by atoms with Crippen LogP contribution < -0.4 is 9.47 Å². The first-order valence-electron chi connectivity index (χ1n) is 13.3. The lowest BCUT2D eigenvalue weighted by Gasteiger charge is -2.36. The van der Waals surface area contributed by atoms with E-state index in [0.29, 0.717) is 33.8 Å². The van der Waals surface area contributed by atoms with Crippen LogP contribution >= 0.6 is 0 Å². The Hall–Kier alpha value is -4.45. The van der Waals surface area contributed by atoms with E-state index in [1.807, 2.05) is 84.0 Å². The SMILES string of the molecule is C=CC(=O)Oc1cc(C(C)C)c(C2(c3cc(C)c(OC(=O)C=C)cc3C(C)C)OC(=O)c3ccccc32)cc1C. The van der Waals surface area contributed by atoms with Crippen molar-refractivity contribution in [1.29, 1.82) is 0 Å². The summed E-state index contributed by atoms with van der Waals surface area (Å²) < 4.78 is 17.6. The summed E-state index contributed by atoms with van der Waals surface area (Å²) in [6.07, 6.45) is 2.24. The van der Waals surface area contributed by atoms with Gasteiger partial charge >= 0.3 is 17.9 Å². The van der Waals surface area contributed by atoms with Gasteiger partial charge in [-0.2, -0.15) is 0 Å². The normalized spacial score (nSPS) is 13.6. The van der Waals surface area contributed by atoms with Gasteiger partial charge < -0.3 is 14.2 Å². The molecule has 6 nitrogen and oxygen atoms in total. The first-order chi connectivity index (χ1) is 18.9. The third-order valence-electron chi connectivity index (χ3n) is 7.22. The maximum Gasteiger partial charge on any atom is 0.340 e. The number of carbonyl (C=O) groups excluding carboxylic acids is 3. The minimum Gasteiger partial charge on any atom is -0.441 e. The summed E-state index contributed by atoms with van der Waals surface area (Å²) in [5.74, 6) is -0.748. The molecule has 1 aliphatic rings. The van der Waals surface area contributed by atoms with Crippen molar-refractivity contribution < 1.29 is 28.6 Å². The van der Waals surface area contributed by atoms with Gasteiger partial charge in [0.15, 0.2) is 5.60 Å². The van der Waals surface area contributed by atoms with Crippen molar-refractivity contribution in [2.75, 3.05) is 0 Å². The fourth-order valence-electron chi connectivity index (χ4n) is 5.26.